The van der Waals surface area contributed by atoms with Crippen molar-refractivity contribution in [1.82, 2.24) is 4.39 Å². The van der Waals surface area contributed by atoms with Gasteiger partial charge in [-0.3, -0.25) is 10.1 Å². The van der Waals surface area contributed by atoms with Crippen molar-refractivity contribution in [3.8, 4) is 0 Å². The van der Waals surface area contributed by atoms with Crippen LogP contribution in [0.15, 0.2) is 23.1 Å². The molecule has 0 aromatic heterocycles. The molecular formula is C15H24N2O6SSi. The number of carbonyl (C=O) groups is 1. The molecular weight excluding hydrogens is 364 g/mol. The van der Waals surface area contributed by atoms with Crippen LogP contribution in [0.5, 0.6) is 0 Å². The maximum Gasteiger partial charge on any atom is 0.339 e. The molecule has 1 aromatic rings. The number of nitro benzene ring substituents is 1. The minimum atomic E-state index is -4.30. The van der Waals surface area contributed by atoms with Crippen LogP contribution in [-0.2, 0) is 14.8 Å². The molecule has 0 fully saturated rings. The van der Waals surface area contributed by atoms with Gasteiger partial charge in [-0.1, -0.05) is 39.9 Å². The van der Waals surface area contributed by atoms with Crippen molar-refractivity contribution in [3.05, 3.63) is 33.9 Å². The predicted octanol–water partition coefficient (Wildman–Crippen LogP) is 3.06. The van der Waals surface area contributed by atoms with Crippen LogP contribution in [0.3, 0.4) is 0 Å². The van der Waals surface area contributed by atoms with E-state index < -0.39 is 39.7 Å². The van der Waals surface area contributed by atoms with Crippen molar-refractivity contribution in [2.24, 2.45) is 0 Å². The lowest BCUT2D eigenvalue weighted by Crippen LogP contribution is -2.54. The van der Waals surface area contributed by atoms with Gasteiger partial charge in [-0.15, -0.1) is 0 Å². The van der Waals surface area contributed by atoms with Crippen LogP contribution in [0.25, 0.3) is 0 Å². The van der Waals surface area contributed by atoms with E-state index in [0.717, 1.165) is 6.07 Å². The summed E-state index contributed by atoms with van der Waals surface area (Å²) >= 11 is 0. The molecule has 1 aromatic carbocycles. The molecule has 1 N–H and O–H groups in total. The lowest BCUT2D eigenvalue weighted by molar-refractivity contribution is -0.387. The fourth-order valence-corrected chi connectivity index (χ4v) is 7.04. The normalized spacial score (nSPS) is 12.7. The van der Waals surface area contributed by atoms with Crippen LogP contribution in [0.1, 0.15) is 38.1 Å². The number of nitrogens with one attached hydrogen (secondary N) is 1. The Labute approximate surface area is 148 Å². The van der Waals surface area contributed by atoms with Crippen molar-refractivity contribution < 1.29 is 22.9 Å². The zero-order chi connectivity index (χ0) is 19.6. The molecule has 0 unspecified atom stereocenters. The number of ether oxygens (including phenoxy) is 1. The topological polar surface area (TPSA) is 116 Å². The van der Waals surface area contributed by atoms with Crippen molar-refractivity contribution in [1.29, 1.82) is 0 Å². The minimum Gasteiger partial charge on any atom is -0.462 e. The highest BCUT2D eigenvalue weighted by molar-refractivity contribution is 7.91. The number of esters is 1. The lowest BCUT2D eigenvalue weighted by Gasteiger charge is -2.36. The average molecular weight is 389 g/mol. The Bertz CT molecular complexity index is 784. The summed E-state index contributed by atoms with van der Waals surface area (Å²) in [6.07, 6.45) is 0. The van der Waals surface area contributed by atoms with Crippen LogP contribution >= 0.6 is 0 Å². The van der Waals surface area contributed by atoms with E-state index in [2.05, 4.69) is 4.39 Å². The summed E-state index contributed by atoms with van der Waals surface area (Å²) in [4.78, 5) is 22.0. The Morgan fingerprint density at radius 2 is 1.88 bits per heavy atom. The number of sulfonamides is 1. The largest absolute Gasteiger partial charge is 0.462 e. The van der Waals surface area contributed by atoms with Crippen LogP contribution < -0.4 is 4.39 Å². The van der Waals surface area contributed by atoms with Gasteiger partial charge in [0.05, 0.1) is 17.1 Å². The van der Waals surface area contributed by atoms with E-state index in [9.17, 15) is 23.3 Å². The first-order valence-electron chi connectivity index (χ1n) is 7.73. The number of nitrogens with zero attached hydrogens (tertiary/aromatic N) is 1. The molecule has 0 radical (unpaired) electrons. The molecule has 25 heavy (non-hydrogen) atoms. The fourth-order valence-electron chi connectivity index (χ4n) is 1.86. The van der Waals surface area contributed by atoms with Gasteiger partial charge in [0, 0.05) is 6.07 Å². The Balaban J connectivity index is 3.62. The Morgan fingerprint density at radius 1 is 1.32 bits per heavy atom. The molecule has 8 nitrogen and oxygen atoms in total. The highest BCUT2D eigenvalue weighted by Gasteiger charge is 2.42. The summed E-state index contributed by atoms with van der Waals surface area (Å²) in [5.41, 5.74) is -1.00. The number of rotatable bonds is 6. The van der Waals surface area contributed by atoms with Gasteiger partial charge in [0.15, 0.2) is 4.90 Å². The van der Waals surface area contributed by atoms with Gasteiger partial charge >= 0.3 is 5.97 Å². The van der Waals surface area contributed by atoms with Gasteiger partial charge in [0.1, 0.15) is 8.24 Å². The van der Waals surface area contributed by atoms with E-state index in [1.54, 1.807) is 6.92 Å². The van der Waals surface area contributed by atoms with Crippen LogP contribution in [0, 0.1) is 10.1 Å². The zero-order valence-electron chi connectivity index (χ0n) is 15.2. The molecule has 0 heterocycles. The highest BCUT2D eigenvalue weighted by Crippen LogP contribution is 2.36. The molecule has 0 spiro atoms. The van der Waals surface area contributed by atoms with E-state index in [0.29, 0.717) is 0 Å². The second-order valence-corrected chi connectivity index (χ2v) is 14.1. The third kappa shape index (κ3) is 4.64. The molecule has 0 aliphatic heterocycles. The molecule has 140 valence electrons. The SMILES string of the molecule is CCOC(=O)c1cccc([N+](=O)[O-])c1S(=O)(=O)N[Si](C)(C)C(C)(C)C. The predicted molar refractivity (Wildman–Crippen MR) is 96.6 cm³/mol. The molecule has 10 heteroatoms. The van der Waals surface area contributed by atoms with Crippen molar-refractivity contribution in [3.63, 3.8) is 0 Å². The first-order valence-corrected chi connectivity index (χ1v) is 12.2. The molecule has 0 amide bonds. The Kier molecular flexibility index (Phi) is 6.14. The van der Waals surface area contributed by atoms with E-state index in [4.69, 9.17) is 4.74 Å². The average Bonchev–Trinajstić information content (AvgIpc) is 2.44. The lowest BCUT2D eigenvalue weighted by atomic mass is 10.2. The minimum absolute atomic E-state index is 0.0245. The first kappa shape index (κ1) is 21.3. The summed E-state index contributed by atoms with van der Waals surface area (Å²) in [7, 11) is -6.87. The third-order valence-corrected chi connectivity index (χ3v) is 12.1. The number of carbonyl (C=O) groups excluding carboxylic acids is 1. The van der Waals surface area contributed by atoms with Gasteiger partial charge in [0.2, 0.25) is 10.0 Å². The molecule has 1 rings (SSSR count). The van der Waals surface area contributed by atoms with Gasteiger partial charge in [-0.05, 0) is 18.0 Å². The summed E-state index contributed by atoms with van der Waals surface area (Å²) in [5.74, 6) is -0.915. The smallest absolute Gasteiger partial charge is 0.339 e. The highest BCUT2D eigenvalue weighted by atomic mass is 32.2. The quantitative estimate of drug-likeness (QED) is 0.346. The third-order valence-electron chi connectivity index (χ3n) is 4.22. The monoisotopic (exact) mass is 388 g/mol. The Hall–Kier alpha value is -1.78. The molecule has 0 saturated heterocycles. The molecule has 0 bridgehead atoms. The maximum atomic E-state index is 13.0. The van der Waals surface area contributed by atoms with E-state index in [1.165, 1.54) is 12.1 Å². The standard InChI is InChI=1S/C15H24N2O6SSi/c1-7-23-14(18)11-9-8-10-12(17(19)20)13(11)24(21,22)16-25(5,6)15(2,3)4/h8-10,16H,7H2,1-6H3. The first-order chi connectivity index (χ1) is 11.2. The number of benzene rings is 1. The summed E-state index contributed by atoms with van der Waals surface area (Å²) < 4.78 is 33.4. The fraction of sp³-hybridized carbons (Fsp3) is 0.533. The molecule has 0 atom stereocenters. The summed E-state index contributed by atoms with van der Waals surface area (Å²) in [6, 6.07) is 3.53. The van der Waals surface area contributed by atoms with Crippen molar-refractivity contribution in [2.45, 2.75) is 50.7 Å². The van der Waals surface area contributed by atoms with Gasteiger partial charge in [0.25, 0.3) is 5.69 Å². The molecule has 0 aliphatic rings. The van der Waals surface area contributed by atoms with Crippen LogP contribution in [-0.4, -0.2) is 34.2 Å². The van der Waals surface area contributed by atoms with E-state index >= 15 is 0 Å². The Morgan fingerprint density at radius 3 is 2.32 bits per heavy atom. The van der Waals surface area contributed by atoms with Crippen LogP contribution in [0.4, 0.5) is 5.69 Å². The van der Waals surface area contributed by atoms with E-state index in [-0.39, 0.29) is 17.2 Å². The number of hydrogen-bond donors (Lipinski definition) is 1. The van der Waals surface area contributed by atoms with Crippen molar-refractivity contribution in [2.75, 3.05) is 6.61 Å². The van der Waals surface area contributed by atoms with Gasteiger partial charge in [-0.2, -0.15) is 0 Å². The number of nitro groups is 1. The van der Waals surface area contributed by atoms with Gasteiger partial charge in [-0.25, -0.2) is 17.6 Å². The summed E-state index contributed by atoms with van der Waals surface area (Å²) in [6.45, 7) is 10.9. The second kappa shape index (κ2) is 7.22. The van der Waals surface area contributed by atoms with Crippen molar-refractivity contribution >= 4 is 29.9 Å². The number of hydrogen-bond acceptors (Lipinski definition) is 6. The summed E-state index contributed by atoms with van der Waals surface area (Å²) in [5, 5.41) is 11.0. The second-order valence-electron chi connectivity index (χ2n) is 7.11. The van der Waals surface area contributed by atoms with Gasteiger partial charge < -0.3 is 4.74 Å². The maximum absolute atomic E-state index is 13.0. The van der Waals surface area contributed by atoms with Crippen LogP contribution in [0.2, 0.25) is 18.1 Å². The molecule has 0 aliphatic carbocycles. The zero-order valence-corrected chi connectivity index (χ0v) is 17.1. The van der Waals surface area contributed by atoms with E-state index in [1.807, 2.05) is 33.9 Å². The molecule has 0 saturated carbocycles.